The summed E-state index contributed by atoms with van der Waals surface area (Å²) in [4.78, 5) is 22.7. The molecule has 1 N–H and O–H groups in total. The molecule has 0 aromatic rings. The van der Waals surface area contributed by atoms with Crippen LogP contribution in [0.1, 0.15) is 106 Å². The molecule has 6 nitrogen and oxygen atoms in total. The molecule has 37 heavy (non-hydrogen) atoms. The van der Waals surface area contributed by atoms with Gasteiger partial charge in [0.25, 0.3) is 0 Å². The average Bonchev–Trinajstić information content (AvgIpc) is 3.26. The minimum Gasteiger partial charge on any atom is -0.466 e. The van der Waals surface area contributed by atoms with Crippen molar-refractivity contribution in [1.82, 2.24) is 0 Å². The summed E-state index contributed by atoms with van der Waals surface area (Å²) in [6, 6.07) is 0. The topological polar surface area (TPSA) is 82.1 Å². The molecule has 1 aliphatic heterocycles. The van der Waals surface area contributed by atoms with Gasteiger partial charge >= 0.3 is 11.9 Å². The third kappa shape index (κ3) is 4.66. The first-order valence-corrected chi connectivity index (χ1v) is 15.1. The lowest BCUT2D eigenvalue weighted by Gasteiger charge is -2.61. The first kappa shape index (κ1) is 27.4. The van der Waals surface area contributed by atoms with Gasteiger partial charge in [-0.2, -0.15) is 0 Å². The second kappa shape index (κ2) is 9.80. The second-order valence-corrected chi connectivity index (χ2v) is 14.2. The van der Waals surface area contributed by atoms with Crippen LogP contribution in [0, 0.1) is 52.3 Å². The summed E-state index contributed by atoms with van der Waals surface area (Å²) >= 11 is 0. The molecule has 0 aromatic carbocycles. The molecule has 0 aromatic heterocycles. The Kier molecular flexibility index (Phi) is 7.26. The standard InChI is InChI=1S/C31H50O6/c1-18(17-35-20(3)32)9-14-31(34)19(2)28-27(37-31)16-26-24-8-7-22-15-23(36-21(4)33)10-12-29(22,5)25(24)11-13-30(26,28)6/h18-19,22-28,34H,7-17H2,1-6H3/t18-,19-,22+,23-,24+,25-,26-,27-,28-,29-,30-,31+/m0/s1. The Morgan fingerprint density at radius 1 is 1.00 bits per heavy atom. The number of ether oxygens (including phenoxy) is 3. The van der Waals surface area contributed by atoms with E-state index in [-0.39, 0.29) is 41.4 Å². The quantitative estimate of drug-likeness (QED) is 0.442. The molecule has 0 spiro atoms. The van der Waals surface area contributed by atoms with Crippen molar-refractivity contribution < 1.29 is 28.9 Å². The highest BCUT2D eigenvalue weighted by Gasteiger charge is 2.68. The maximum Gasteiger partial charge on any atom is 0.302 e. The van der Waals surface area contributed by atoms with Gasteiger partial charge in [-0.25, -0.2) is 0 Å². The number of aliphatic hydroxyl groups is 1. The van der Waals surface area contributed by atoms with Crippen LogP contribution in [0.2, 0.25) is 0 Å². The van der Waals surface area contributed by atoms with Crippen molar-refractivity contribution in [2.75, 3.05) is 6.61 Å². The van der Waals surface area contributed by atoms with Gasteiger partial charge < -0.3 is 19.3 Å². The molecule has 1 heterocycles. The third-order valence-electron chi connectivity index (χ3n) is 12.2. The second-order valence-electron chi connectivity index (χ2n) is 14.2. The van der Waals surface area contributed by atoms with E-state index in [9.17, 15) is 14.7 Å². The van der Waals surface area contributed by atoms with Gasteiger partial charge in [0.2, 0.25) is 0 Å². The van der Waals surface area contributed by atoms with E-state index in [4.69, 9.17) is 14.2 Å². The molecule has 1 saturated heterocycles. The lowest BCUT2D eigenvalue weighted by molar-refractivity contribution is -0.222. The van der Waals surface area contributed by atoms with E-state index in [2.05, 4.69) is 27.7 Å². The summed E-state index contributed by atoms with van der Waals surface area (Å²) in [7, 11) is 0. The maximum absolute atomic E-state index is 11.6. The van der Waals surface area contributed by atoms with Gasteiger partial charge in [0, 0.05) is 26.2 Å². The van der Waals surface area contributed by atoms with Crippen LogP contribution in [0.25, 0.3) is 0 Å². The number of carbonyl (C=O) groups excluding carboxylic acids is 2. The van der Waals surface area contributed by atoms with Gasteiger partial charge in [-0.05, 0) is 104 Å². The SMILES string of the molecule is CC(=O)OC[C@@H](C)CC[C@@]1(O)O[C@H]2C[C@H]3[C@@H]4CC[C@@H]5C[C@@H](OC(C)=O)CC[C@]5(C)[C@H]4CC[C@]3(C)[C@H]2[C@@H]1C. The largest absolute Gasteiger partial charge is 0.466 e. The zero-order valence-electron chi connectivity index (χ0n) is 24.0. The minimum absolute atomic E-state index is 0.107. The van der Waals surface area contributed by atoms with Crippen LogP contribution in [-0.2, 0) is 23.8 Å². The van der Waals surface area contributed by atoms with Crippen molar-refractivity contribution >= 4 is 11.9 Å². The Morgan fingerprint density at radius 3 is 2.43 bits per heavy atom. The average molecular weight is 519 g/mol. The molecule has 4 saturated carbocycles. The van der Waals surface area contributed by atoms with Crippen LogP contribution in [-0.4, -0.2) is 41.6 Å². The first-order chi connectivity index (χ1) is 17.4. The summed E-state index contributed by atoms with van der Waals surface area (Å²) in [5.74, 6) is 2.06. The Hall–Kier alpha value is -1.14. The van der Waals surface area contributed by atoms with Crippen LogP contribution < -0.4 is 0 Å². The van der Waals surface area contributed by atoms with Crippen molar-refractivity contribution in [3.63, 3.8) is 0 Å². The number of carbonyl (C=O) groups is 2. The Balaban J connectivity index is 1.26. The van der Waals surface area contributed by atoms with Gasteiger partial charge in [0.05, 0.1) is 12.7 Å². The van der Waals surface area contributed by atoms with Crippen molar-refractivity contribution in [2.24, 2.45) is 52.3 Å². The van der Waals surface area contributed by atoms with Gasteiger partial charge in [0.15, 0.2) is 5.79 Å². The zero-order valence-corrected chi connectivity index (χ0v) is 24.0. The smallest absolute Gasteiger partial charge is 0.302 e. The van der Waals surface area contributed by atoms with Crippen LogP contribution in [0.5, 0.6) is 0 Å². The highest BCUT2D eigenvalue weighted by molar-refractivity contribution is 5.66. The fraction of sp³-hybridized carbons (Fsp3) is 0.935. The molecule has 6 heteroatoms. The van der Waals surface area contributed by atoms with E-state index < -0.39 is 5.79 Å². The van der Waals surface area contributed by atoms with Crippen molar-refractivity contribution in [3.8, 4) is 0 Å². The number of hydrogen-bond donors (Lipinski definition) is 1. The molecule has 5 aliphatic rings. The number of rotatable bonds is 6. The predicted molar refractivity (Wildman–Crippen MR) is 140 cm³/mol. The van der Waals surface area contributed by atoms with Crippen molar-refractivity contribution in [2.45, 2.75) is 124 Å². The lowest BCUT2D eigenvalue weighted by Crippen LogP contribution is -2.55. The van der Waals surface area contributed by atoms with E-state index in [1.54, 1.807) is 0 Å². The monoisotopic (exact) mass is 518 g/mol. The number of esters is 2. The molecule has 0 bridgehead atoms. The normalized spacial score (nSPS) is 49.3. The summed E-state index contributed by atoms with van der Waals surface area (Å²) in [5.41, 5.74) is 0.571. The van der Waals surface area contributed by atoms with Gasteiger partial charge in [-0.1, -0.05) is 27.7 Å². The molecular weight excluding hydrogens is 468 g/mol. The Morgan fingerprint density at radius 2 is 1.73 bits per heavy atom. The zero-order chi connectivity index (χ0) is 26.8. The maximum atomic E-state index is 11.6. The Bertz CT molecular complexity index is 889. The summed E-state index contributed by atoms with van der Waals surface area (Å²) in [5, 5.41) is 11.6. The molecule has 0 unspecified atom stereocenters. The van der Waals surface area contributed by atoms with Gasteiger partial charge in [-0.3, -0.25) is 9.59 Å². The number of hydrogen-bond acceptors (Lipinski definition) is 6. The van der Waals surface area contributed by atoms with Crippen molar-refractivity contribution in [3.05, 3.63) is 0 Å². The lowest BCUT2D eigenvalue weighted by atomic mass is 9.44. The van der Waals surface area contributed by atoms with Crippen molar-refractivity contribution in [1.29, 1.82) is 0 Å². The highest BCUT2D eigenvalue weighted by atomic mass is 16.6. The van der Waals surface area contributed by atoms with E-state index >= 15 is 0 Å². The summed E-state index contributed by atoms with van der Waals surface area (Å²) < 4.78 is 17.4. The van der Waals surface area contributed by atoms with Gasteiger partial charge in [-0.15, -0.1) is 0 Å². The molecule has 12 atom stereocenters. The van der Waals surface area contributed by atoms with Crippen LogP contribution in [0.3, 0.4) is 0 Å². The third-order valence-corrected chi connectivity index (χ3v) is 12.2. The fourth-order valence-electron chi connectivity index (χ4n) is 10.3. The van der Waals surface area contributed by atoms with E-state index in [0.717, 1.165) is 37.5 Å². The molecule has 5 rings (SSSR count). The highest BCUT2D eigenvalue weighted by Crippen LogP contribution is 2.70. The molecule has 210 valence electrons. The molecule has 0 amide bonds. The fourth-order valence-corrected chi connectivity index (χ4v) is 10.3. The summed E-state index contributed by atoms with van der Waals surface area (Å²) in [6.45, 7) is 12.7. The predicted octanol–water partition coefficient (Wildman–Crippen LogP) is 5.89. The minimum atomic E-state index is -1.08. The Labute approximate surface area is 223 Å². The molecule has 0 radical (unpaired) electrons. The van der Waals surface area contributed by atoms with E-state index in [1.165, 1.54) is 46.0 Å². The van der Waals surface area contributed by atoms with Crippen LogP contribution in [0.15, 0.2) is 0 Å². The molecule has 5 fully saturated rings. The van der Waals surface area contributed by atoms with Gasteiger partial charge in [0.1, 0.15) is 6.10 Å². The van der Waals surface area contributed by atoms with E-state index in [1.807, 2.05) is 0 Å². The molecule has 4 aliphatic carbocycles. The summed E-state index contributed by atoms with van der Waals surface area (Å²) in [6.07, 6.45) is 11.0. The molecular formula is C31H50O6. The van der Waals surface area contributed by atoms with E-state index in [0.29, 0.717) is 36.2 Å². The first-order valence-electron chi connectivity index (χ1n) is 15.1. The van der Waals surface area contributed by atoms with Crippen LogP contribution >= 0.6 is 0 Å². The number of fused-ring (bicyclic) bond motifs is 7. The van der Waals surface area contributed by atoms with Crippen LogP contribution in [0.4, 0.5) is 0 Å².